The fourth-order valence-electron chi connectivity index (χ4n) is 1.75. The summed E-state index contributed by atoms with van der Waals surface area (Å²) in [5.74, 6) is -1.17. The van der Waals surface area contributed by atoms with Gasteiger partial charge >= 0.3 is 11.9 Å². The second-order valence-corrected chi connectivity index (χ2v) is 5.99. The van der Waals surface area contributed by atoms with E-state index in [4.69, 9.17) is 48.5 Å². The average Bonchev–Trinajstić information content (AvgIpc) is 2.80. The largest absolute Gasteiger partial charge is 0.481 e. The van der Waals surface area contributed by atoms with E-state index in [-0.39, 0.29) is 45.2 Å². The fourth-order valence-corrected chi connectivity index (χ4v) is 1.75. The van der Waals surface area contributed by atoms with Crippen LogP contribution in [0.3, 0.4) is 0 Å². The second-order valence-electron chi connectivity index (χ2n) is 5.99. The van der Waals surface area contributed by atoms with Crippen molar-refractivity contribution in [3.8, 4) is 0 Å². The first-order valence-electron chi connectivity index (χ1n) is 10.7. The van der Waals surface area contributed by atoms with Crippen LogP contribution in [0.25, 0.3) is 0 Å². The smallest absolute Gasteiger partial charge is 0.308 e. The number of carbonyl (C=O) groups excluding carboxylic acids is 1. The number of aliphatic hydroxyl groups is 2. The highest BCUT2D eigenvalue weighted by Crippen LogP contribution is 1.89. The topological polar surface area (TPSA) is 159 Å². The van der Waals surface area contributed by atoms with Gasteiger partial charge in [0.1, 0.15) is 6.61 Å². The third kappa shape index (κ3) is 35.1. The van der Waals surface area contributed by atoms with Crippen LogP contribution in [0, 0.1) is 0 Å². The average molecular weight is 485 g/mol. The molecule has 12 heteroatoms. The maximum Gasteiger partial charge on any atom is 0.308 e. The molecule has 0 aromatic carbocycles. The summed E-state index contributed by atoms with van der Waals surface area (Å²) in [7, 11) is 0. The molecule has 0 aromatic heterocycles. The number of rotatable bonds is 24. The summed E-state index contributed by atoms with van der Waals surface area (Å²) in [4.78, 5) is 21.1. The molecule has 0 saturated carbocycles. The van der Waals surface area contributed by atoms with Gasteiger partial charge in [0.2, 0.25) is 0 Å². The number of aliphatic carboxylic acids is 1. The molecule has 0 bridgehead atoms. The molecule has 0 heterocycles. The molecular formula is C21H40O12. The predicted octanol–water partition coefficient (Wildman–Crippen LogP) is -0.349. The number of ether oxygens (including phenoxy) is 7. The van der Waals surface area contributed by atoms with Gasteiger partial charge in [-0.2, -0.15) is 0 Å². The standard InChI is InChI=1S/C12H22O6.C9H18O6/c1-2-5-18-12(14)3-6-15-8-10-17-11-9-16-7-4-13;10-2-4-14-6-8-15-7-5-13-3-1-9(11)12/h2,13H,1,3-11H2;10H,1-8H2,(H,11,12). The van der Waals surface area contributed by atoms with E-state index in [0.29, 0.717) is 72.7 Å². The van der Waals surface area contributed by atoms with Gasteiger partial charge in [0.05, 0.1) is 105 Å². The Morgan fingerprint density at radius 2 is 0.970 bits per heavy atom. The molecule has 33 heavy (non-hydrogen) atoms. The monoisotopic (exact) mass is 484 g/mol. The van der Waals surface area contributed by atoms with Crippen molar-refractivity contribution in [2.75, 3.05) is 99.1 Å². The molecule has 196 valence electrons. The number of esters is 1. The van der Waals surface area contributed by atoms with Crippen molar-refractivity contribution < 1.29 is 58.1 Å². The number of hydrogen-bond donors (Lipinski definition) is 3. The lowest BCUT2D eigenvalue weighted by molar-refractivity contribution is -0.143. The molecule has 0 unspecified atom stereocenters. The van der Waals surface area contributed by atoms with Crippen LogP contribution in [-0.4, -0.2) is 126 Å². The maximum atomic E-state index is 11.0. The van der Waals surface area contributed by atoms with Crippen LogP contribution in [0.4, 0.5) is 0 Å². The van der Waals surface area contributed by atoms with Crippen molar-refractivity contribution in [2.45, 2.75) is 12.8 Å². The Kier molecular flexibility index (Phi) is 30.9. The van der Waals surface area contributed by atoms with E-state index in [1.165, 1.54) is 6.08 Å². The van der Waals surface area contributed by atoms with Crippen LogP contribution in [0.2, 0.25) is 0 Å². The molecule has 0 radical (unpaired) electrons. The molecule has 0 aromatic rings. The van der Waals surface area contributed by atoms with Gasteiger partial charge in [0.25, 0.3) is 0 Å². The lowest BCUT2D eigenvalue weighted by Gasteiger charge is -2.06. The molecule has 0 fully saturated rings. The zero-order chi connectivity index (χ0) is 24.8. The first kappa shape index (κ1) is 33.5. The first-order chi connectivity index (χ1) is 16.1. The van der Waals surface area contributed by atoms with Crippen molar-refractivity contribution in [1.82, 2.24) is 0 Å². The van der Waals surface area contributed by atoms with Crippen molar-refractivity contribution in [1.29, 1.82) is 0 Å². The molecule has 0 aliphatic heterocycles. The van der Waals surface area contributed by atoms with Crippen LogP contribution in [0.1, 0.15) is 12.8 Å². The highest BCUT2D eigenvalue weighted by Gasteiger charge is 2.01. The van der Waals surface area contributed by atoms with Gasteiger partial charge in [0.15, 0.2) is 0 Å². The summed E-state index contributed by atoms with van der Waals surface area (Å²) >= 11 is 0. The van der Waals surface area contributed by atoms with Gasteiger partial charge in [0, 0.05) is 0 Å². The van der Waals surface area contributed by atoms with Crippen molar-refractivity contribution >= 4 is 11.9 Å². The van der Waals surface area contributed by atoms with E-state index in [1.54, 1.807) is 0 Å². The Bertz CT molecular complexity index is 433. The van der Waals surface area contributed by atoms with Gasteiger partial charge in [-0.25, -0.2) is 0 Å². The quantitative estimate of drug-likeness (QED) is 0.0930. The van der Waals surface area contributed by atoms with Crippen LogP contribution >= 0.6 is 0 Å². The van der Waals surface area contributed by atoms with E-state index >= 15 is 0 Å². The molecule has 3 N–H and O–H groups in total. The Hall–Kier alpha value is -1.64. The fraction of sp³-hybridized carbons (Fsp3) is 0.810. The summed E-state index contributed by atoms with van der Waals surface area (Å²) < 4.78 is 35.2. The van der Waals surface area contributed by atoms with Crippen LogP contribution in [-0.2, 0) is 42.7 Å². The molecule has 0 aliphatic rings. The Morgan fingerprint density at radius 1 is 0.606 bits per heavy atom. The Morgan fingerprint density at radius 3 is 1.33 bits per heavy atom. The zero-order valence-corrected chi connectivity index (χ0v) is 19.3. The predicted molar refractivity (Wildman–Crippen MR) is 117 cm³/mol. The van der Waals surface area contributed by atoms with Gasteiger partial charge in [-0.3, -0.25) is 9.59 Å². The minimum atomic E-state index is -0.867. The molecule has 0 aliphatic carbocycles. The molecule has 12 nitrogen and oxygen atoms in total. The lowest BCUT2D eigenvalue weighted by Crippen LogP contribution is -2.13. The zero-order valence-electron chi connectivity index (χ0n) is 19.3. The van der Waals surface area contributed by atoms with E-state index in [9.17, 15) is 9.59 Å². The van der Waals surface area contributed by atoms with Gasteiger partial charge in [-0.1, -0.05) is 12.7 Å². The van der Waals surface area contributed by atoms with Crippen molar-refractivity contribution in [2.24, 2.45) is 0 Å². The lowest BCUT2D eigenvalue weighted by atomic mass is 10.5. The summed E-state index contributed by atoms with van der Waals surface area (Å²) in [6.07, 6.45) is 1.76. The molecule has 0 spiro atoms. The van der Waals surface area contributed by atoms with Crippen LogP contribution in [0.5, 0.6) is 0 Å². The van der Waals surface area contributed by atoms with Crippen LogP contribution < -0.4 is 0 Å². The first-order valence-corrected chi connectivity index (χ1v) is 10.7. The summed E-state index contributed by atoms with van der Waals surface area (Å²) in [5.41, 5.74) is 0. The summed E-state index contributed by atoms with van der Waals surface area (Å²) in [6.45, 7) is 8.35. The molecule has 0 saturated heterocycles. The number of carboxylic acid groups (broad SMARTS) is 1. The Balaban J connectivity index is 0. The SMILES string of the molecule is C=CCOC(=O)CCOCCOCCOCCO.O=C(O)CCOCCOCCOCCO. The number of aliphatic hydroxyl groups excluding tert-OH is 2. The third-order valence-electron chi connectivity index (χ3n) is 3.23. The highest BCUT2D eigenvalue weighted by molar-refractivity contribution is 5.69. The van der Waals surface area contributed by atoms with Gasteiger partial charge in [-0.05, 0) is 0 Å². The minimum Gasteiger partial charge on any atom is -0.481 e. The summed E-state index contributed by atoms with van der Waals surface area (Å²) in [5, 5.41) is 25.1. The number of carboxylic acids is 1. The number of carbonyl (C=O) groups is 2. The third-order valence-corrected chi connectivity index (χ3v) is 3.23. The van der Waals surface area contributed by atoms with E-state index in [2.05, 4.69) is 6.58 Å². The normalized spacial score (nSPS) is 10.4. The summed E-state index contributed by atoms with van der Waals surface area (Å²) in [6, 6.07) is 0. The molecule has 0 atom stereocenters. The van der Waals surface area contributed by atoms with Crippen molar-refractivity contribution in [3.63, 3.8) is 0 Å². The maximum absolute atomic E-state index is 11.0. The van der Waals surface area contributed by atoms with E-state index < -0.39 is 5.97 Å². The molecule has 0 amide bonds. The minimum absolute atomic E-state index is 0.0122. The van der Waals surface area contributed by atoms with Crippen LogP contribution in [0.15, 0.2) is 12.7 Å². The van der Waals surface area contributed by atoms with Crippen molar-refractivity contribution in [3.05, 3.63) is 12.7 Å². The second kappa shape index (κ2) is 30.4. The Labute approximate surface area is 195 Å². The highest BCUT2D eigenvalue weighted by atomic mass is 16.6. The number of hydrogen-bond acceptors (Lipinski definition) is 11. The van der Waals surface area contributed by atoms with E-state index in [0.717, 1.165) is 0 Å². The van der Waals surface area contributed by atoms with Gasteiger partial charge in [-0.15, -0.1) is 0 Å². The van der Waals surface area contributed by atoms with Gasteiger partial charge < -0.3 is 48.5 Å². The van der Waals surface area contributed by atoms with E-state index in [1.807, 2.05) is 0 Å². The molecule has 0 rings (SSSR count). The molecular weight excluding hydrogens is 444 g/mol.